The number of thioether (sulfide) groups is 1. The van der Waals surface area contributed by atoms with E-state index in [-0.39, 0.29) is 11.2 Å². The molecule has 0 fully saturated rings. The van der Waals surface area contributed by atoms with Crippen molar-refractivity contribution in [3.63, 3.8) is 0 Å². The van der Waals surface area contributed by atoms with Crippen LogP contribution in [0.4, 0.5) is 0 Å². The van der Waals surface area contributed by atoms with Crippen LogP contribution in [-0.2, 0) is 16.1 Å². The van der Waals surface area contributed by atoms with Crippen molar-refractivity contribution in [2.45, 2.75) is 30.8 Å². The number of fused-ring (bicyclic) bond motifs is 3. The van der Waals surface area contributed by atoms with Crippen LogP contribution in [0.5, 0.6) is 0 Å². The monoisotopic (exact) mass is 342 g/mol. The third-order valence-electron chi connectivity index (χ3n) is 3.57. The Morgan fingerprint density at radius 3 is 2.96 bits per heavy atom. The molecule has 24 heavy (non-hydrogen) atoms. The van der Waals surface area contributed by atoms with Gasteiger partial charge in [-0.05, 0) is 19.9 Å². The lowest BCUT2D eigenvalue weighted by Crippen LogP contribution is -2.17. The molecule has 0 spiro atoms. The van der Waals surface area contributed by atoms with Crippen LogP contribution in [0, 0.1) is 0 Å². The molecule has 2 aromatic heterocycles. The maximum absolute atomic E-state index is 11.8. The third-order valence-corrected chi connectivity index (χ3v) is 4.50. The molecule has 0 radical (unpaired) electrons. The number of carbonyl (C=O) groups excluding carboxylic acids is 1. The number of hydrogen-bond donors (Lipinski definition) is 0. The molecule has 1 atom stereocenters. The van der Waals surface area contributed by atoms with Crippen molar-refractivity contribution in [2.75, 3.05) is 6.61 Å². The SMILES string of the molecule is C=CCn1c2ccccc2c2nnc(S[C@H](C)C(=O)OCC)nc21. The van der Waals surface area contributed by atoms with E-state index in [0.717, 1.165) is 22.1 Å². The van der Waals surface area contributed by atoms with Crippen molar-refractivity contribution in [1.82, 2.24) is 19.7 Å². The molecule has 2 heterocycles. The summed E-state index contributed by atoms with van der Waals surface area (Å²) >= 11 is 1.24. The predicted octanol–water partition coefficient (Wildman–Crippen LogP) is 3.21. The second-order valence-electron chi connectivity index (χ2n) is 5.20. The fourth-order valence-electron chi connectivity index (χ4n) is 2.52. The van der Waals surface area contributed by atoms with Gasteiger partial charge in [-0.1, -0.05) is 36.0 Å². The summed E-state index contributed by atoms with van der Waals surface area (Å²) in [7, 11) is 0. The number of para-hydroxylation sites is 1. The van der Waals surface area contributed by atoms with Gasteiger partial charge in [0.15, 0.2) is 5.65 Å². The second kappa shape index (κ2) is 7.00. The fraction of sp³-hybridized carbons (Fsp3) is 0.294. The lowest BCUT2D eigenvalue weighted by atomic mass is 10.2. The molecule has 0 N–H and O–H groups in total. The summed E-state index contributed by atoms with van der Waals surface area (Å²) in [4.78, 5) is 16.4. The van der Waals surface area contributed by atoms with Gasteiger partial charge in [-0.2, -0.15) is 0 Å². The molecule has 0 aliphatic carbocycles. The summed E-state index contributed by atoms with van der Waals surface area (Å²) in [6, 6.07) is 7.97. The van der Waals surface area contributed by atoms with E-state index in [0.29, 0.717) is 18.3 Å². The molecule has 0 bridgehead atoms. The molecule has 3 aromatic rings. The molecule has 7 heteroatoms. The maximum atomic E-state index is 11.8. The van der Waals surface area contributed by atoms with Crippen molar-refractivity contribution < 1.29 is 9.53 Å². The standard InChI is InChI=1S/C17H18N4O2S/c1-4-10-21-13-9-7-6-8-12(13)14-15(21)18-17(20-19-14)24-11(3)16(22)23-5-2/h4,6-9,11H,1,5,10H2,2-3H3/t11-/m1/s1. The Morgan fingerprint density at radius 2 is 2.21 bits per heavy atom. The van der Waals surface area contributed by atoms with Crippen LogP contribution in [0.1, 0.15) is 13.8 Å². The van der Waals surface area contributed by atoms with E-state index < -0.39 is 0 Å². The molecule has 1 aromatic carbocycles. The Kier molecular flexibility index (Phi) is 4.80. The number of rotatable bonds is 6. The smallest absolute Gasteiger partial charge is 0.319 e. The Labute approximate surface area is 143 Å². The summed E-state index contributed by atoms with van der Waals surface area (Å²) in [6.45, 7) is 8.35. The highest BCUT2D eigenvalue weighted by Crippen LogP contribution is 2.28. The van der Waals surface area contributed by atoms with Crippen molar-refractivity contribution in [3.05, 3.63) is 36.9 Å². The molecule has 0 aliphatic rings. The van der Waals surface area contributed by atoms with E-state index in [2.05, 4.69) is 21.8 Å². The normalized spacial score (nSPS) is 12.4. The van der Waals surface area contributed by atoms with Gasteiger partial charge in [-0.15, -0.1) is 16.8 Å². The largest absolute Gasteiger partial charge is 0.465 e. The number of nitrogens with zero attached hydrogens (tertiary/aromatic N) is 4. The zero-order valence-electron chi connectivity index (χ0n) is 13.6. The van der Waals surface area contributed by atoms with Gasteiger partial charge in [0.05, 0.1) is 12.1 Å². The molecule has 0 aliphatic heterocycles. The Morgan fingerprint density at radius 1 is 1.42 bits per heavy atom. The van der Waals surface area contributed by atoms with Crippen LogP contribution in [0.2, 0.25) is 0 Å². The van der Waals surface area contributed by atoms with E-state index in [4.69, 9.17) is 4.74 Å². The molecule has 0 unspecified atom stereocenters. The number of carbonyl (C=O) groups is 1. The number of ether oxygens (including phenoxy) is 1. The van der Waals surface area contributed by atoms with Gasteiger partial charge in [0.1, 0.15) is 10.8 Å². The van der Waals surface area contributed by atoms with Gasteiger partial charge in [0.25, 0.3) is 0 Å². The average Bonchev–Trinajstić information content (AvgIpc) is 2.89. The number of allylic oxidation sites excluding steroid dienone is 1. The van der Waals surface area contributed by atoms with Crippen LogP contribution in [0.25, 0.3) is 22.1 Å². The first-order valence-electron chi connectivity index (χ1n) is 7.71. The van der Waals surface area contributed by atoms with Gasteiger partial charge in [-0.25, -0.2) is 4.98 Å². The molecule has 124 valence electrons. The molecular weight excluding hydrogens is 324 g/mol. The molecular formula is C17H18N4O2S. The summed E-state index contributed by atoms with van der Waals surface area (Å²) in [5, 5.41) is 9.57. The van der Waals surface area contributed by atoms with Crippen molar-refractivity contribution in [1.29, 1.82) is 0 Å². The molecule has 0 saturated heterocycles. The van der Waals surface area contributed by atoms with E-state index >= 15 is 0 Å². The van der Waals surface area contributed by atoms with Gasteiger partial charge in [-0.3, -0.25) is 4.79 Å². The Balaban J connectivity index is 2.04. The van der Waals surface area contributed by atoms with Crippen LogP contribution in [0.15, 0.2) is 42.1 Å². The number of benzene rings is 1. The summed E-state index contributed by atoms with van der Waals surface area (Å²) < 4.78 is 7.07. The highest BCUT2D eigenvalue weighted by atomic mass is 32.2. The topological polar surface area (TPSA) is 69.9 Å². The first-order valence-corrected chi connectivity index (χ1v) is 8.59. The van der Waals surface area contributed by atoms with Crippen LogP contribution < -0.4 is 0 Å². The third kappa shape index (κ3) is 2.99. The quantitative estimate of drug-likeness (QED) is 0.389. The van der Waals surface area contributed by atoms with Crippen LogP contribution >= 0.6 is 11.8 Å². The van der Waals surface area contributed by atoms with Gasteiger partial charge in [0.2, 0.25) is 5.16 Å². The minimum Gasteiger partial charge on any atom is -0.465 e. The second-order valence-corrected chi connectivity index (χ2v) is 6.50. The van der Waals surface area contributed by atoms with Gasteiger partial charge < -0.3 is 9.30 Å². The Bertz CT molecular complexity index is 906. The highest BCUT2D eigenvalue weighted by molar-refractivity contribution is 8.00. The maximum Gasteiger partial charge on any atom is 0.319 e. The van der Waals surface area contributed by atoms with Crippen molar-refractivity contribution in [2.24, 2.45) is 0 Å². The zero-order valence-corrected chi connectivity index (χ0v) is 14.4. The predicted molar refractivity (Wildman–Crippen MR) is 95.0 cm³/mol. The number of esters is 1. The van der Waals surface area contributed by atoms with Crippen molar-refractivity contribution in [3.8, 4) is 0 Å². The van der Waals surface area contributed by atoms with Crippen LogP contribution in [-0.4, -0.2) is 37.6 Å². The number of aromatic nitrogens is 4. The Hall–Kier alpha value is -2.41. The lowest BCUT2D eigenvalue weighted by molar-refractivity contribution is -0.142. The lowest BCUT2D eigenvalue weighted by Gasteiger charge is -2.08. The van der Waals surface area contributed by atoms with E-state index in [1.165, 1.54) is 11.8 Å². The first kappa shape index (κ1) is 16.4. The first-order chi connectivity index (χ1) is 11.7. The summed E-state index contributed by atoms with van der Waals surface area (Å²) in [5.41, 5.74) is 2.53. The van der Waals surface area contributed by atoms with Crippen LogP contribution in [0.3, 0.4) is 0 Å². The minimum absolute atomic E-state index is 0.280. The van der Waals surface area contributed by atoms with E-state index in [1.807, 2.05) is 34.9 Å². The highest BCUT2D eigenvalue weighted by Gasteiger charge is 2.19. The number of hydrogen-bond acceptors (Lipinski definition) is 6. The fourth-order valence-corrected chi connectivity index (χ4v) is 3.23. The van der Waals surface area contributed by atoms with E-state index in [9.17, 15) is 4.79 Å². The zero-order chi connectivity index (χ0) is 17.1. The average molecular weight is 342 g/mol. The van der Waals surface area contributed by atoms with Gasteiger partial charge >= 0.3 is 5.97 Å². The molecule has 0 saturated carbocycles. The van der Waals surface area contributed by atoms with Crippen molar-refractivity contribution >= 4 is 39.8 Å². The minimum atomic E-state index is -0.388. The summed E-state index contributed by atoms with van der Waals surface area (Å²) in [6.07, 6.45) is 1.82. The molecule has 0 amide bonds. The summed E-state index contributed by atoms with van der Waals surface area (Å²) in [5.74, 6) is -0.280. The van der Waals surface area contributed by atoms with E-state index in [1.54, 1.807) is 13.8 Å². The molecule has 6 nitrogen and oxygen atoms in total. The molecule has 3 rings (SSSR count). The van der Waals surface area contributed by atoms with Gasteiger partial charge in [0, 0.05) is 11.9 Å².